The van der Waals surface area contributed by atoms with Crippen molar-refractivity contribution in [1.82, 2.24) is 4.98 Å². The normalized spacial score (nSPS) is 11.7. The average Bonchev–Trinajstić information content (AvgIpc) is 2.27. The second kappa shape index (κ2) is 5.19. The van der Waals surface area contributed by atoms with Gasteiger partial charge in [-0.15, -0.1) is 0 Å². The molecule has 0 aliphatic carbocycles. The van der Waals surface area contributed by atoms with Crippen LogP contribution in [0.5, 0.6) is 0 Å². The summed E-state index contributed by atoms with van der Waals surface area (Å²) in [4.78, 5) is 3.73. The Morgan fingerprint density at radius 1 is 0.947 bits per heavy atom. The van der Waals surface area contributed by atoms with Crippen molar-refractivity contribution in [2.24, 2.45) is 0 Å². The third-order valence-electron chi connectivity index (χ3n) is 2.35. The van der Waals surface area contributed by atoms with Crippen molar-refractivity contribution in [3.8, 4) is 11.3 Å². The highest BCUT2D eigenvalue weighted by atomic mass is 35.5. The molecule has 100 valence electrons. The molecule has 0 spiro atoms. The fourth-order valence-electron chi connectivity index (χ4n) is 1.50. The van der Waals surface area contributed by atoms with Gasteiger partial charge in [0.05, 0.1) is 21.3 Å². The Hall–Kier alpha value is -0.970. The zero-order chi connectivity index (χ0) is 14.2. The summed E-state index contributed by atoms with van der Waals surface area (Å²) in [7, 11) is 0. The van der Waals surface area contributed by atoms with E-state index < -0.39 is 11.7 Å². The molecule has 2 aromatic rings. The summed E-state index contributed by atoms with van der Waals surface area (Å²) < 4.78 is 37.3. The Morgan fingerprint density at radius 2 is 1.53 bits per heavy atom. The monoisotopic (exact) mass is 325 g/mol. The molecule has 7 heteroatoms. The number of rotatable bonds is 1. The van der Waals surface area contributed by atoms with Crippen molar-refractivity contribution >= 4 is 34.8 Å². The van der Waals surface area contributed by atoms with Crippen molar-refractivity contribution in [3.05, 3.63) is 51.1 Å². The number of nitrogens with zero attached hydrogens (tertiary/aromatic N) is 1. The number of pyridine rings is 1. The van der Waals surface area contributed by atoms with Crippen molar-refractivity contribution in [3.63, 3.8) is 0 Å². The molecule has 0 radical (unpaired) electrons. The van der Waals surface area contributed by atoms with E-state index in [0.717, 1.165) is 12.3 Å². The van der Waals surface area contributed by atoms with E-state index in [0.29, 0.717) is 10.6 Å². The summed E-state index contributed by atoms with van der Waals surface area (Å²) in [6, 6.07) is 5.03. The van der Waals surface area contributed by atoms with Crippen LogP contribution in [0.25, 0.3) is 11.3 Å². The Labute approximate surface area is 121 Å². The molecular formula is C12H5Cl3F3N. The molecule has 0 unspecified atom stereocenters. The van der Waals surface area contributed by atoms with Crippen LogP contribution in [0.2, 0.25) is 15.1 Å². The molecule has 0 amide bonds. The van der Waals surface area contributed by atoms with Crippen LogP contribution in [0, 0.1) is 0 Å². The van der Waals surface area contributed by atoms with Crippen molar-refractivity contribution in [2.75, 3.05) is 0 Å². The lowest BCUT2D eigenvalue weighted by molar-refractivity contribution is -0.137. The zero-order valence-electron chi connectivity index (χ0n) is 9.10. The van der Waals surface area contributed by atoms with Crippen LogP contribution in [0.3, 0.4) is 0 Å². The van der Waals surface area contributed by atoms with Crippen molar-refractivity contribution < 1.29 is 13.2 Å². The third-order valence-corrected chi connectivity index (χ3v) is 3.17. The molecule has 1 aromatic heterocycles. The SMILES string of the molecule is FC(F)(F)c1ccc(-c2c(Cl)cc(Cl)cc2Cl)nc1. The Bertz CT molecular complexity index is 586. The molecule has 0 saturated heterocycles. The van der Waals surface area contributed by atoms with E-state index in [9.17, 15) is 13.2 Å². The summed E-state index contributed by atoms with van der Waals surface area (Å²) in [5, 5.41) is 0.792. The molecule has 19 heavy (non-hydrogen) atoms. The van der Waals surface area contributed by atoms with Gasteiger partial charge in [0, 0.05) is 16.8 Å². The largest absolute Gasteiger partial charge is 0.417 e. The van der Waals surface area contributed by atoms with Gasteiger partial charge >= 0.3 is 6.18 Å². The van der Waals surface area contributed by atoms with Gasteiger partial charge in [-0.2, -0.15) is 13.2 Å². The van der Waals surface area contributed by atoms with E-state index in [1.807, 2.05) is 0 Å². The first-order valence-electron chi connectivity index (χ1n) is 4.97. The first-order valence-corrected chi connectivity index (χ1v) is 6.10. The van der Waals surface area contributed by atoms with E-state index >= 15 is 0 Å². The maximum absolute atomic E-state index is 12.4. The second-order valence-electron chi connectivity index (χ2n) is 3.67. The van der Waals surface area contributed by atoms with E-state index in [1.54, 1.807) is 0 Å². The van der Waals surface area contributed by atoms with Crippen molar-refractivity contribution in [1.29, 1.82) is 0 Å². The van der Waals surface area contributed by atoms with Gasteiger partial charge in [-0.1, -0.05) is 34.8 Å². The van der Waals surface area contributed by atoms with Gasteiger partial charge in [-0.3, -0.25) is 4.98 Å². The van der Waals surface area contributed by atoms with Crippen LogP contribution in [0.4, 0.5) is 13.2 Å². The predicted octanol–water partition coefficient (Wildman–Crippen LogP) is 5.73. The minimum atomic E-state index is -4.43. The summed E-state index contributed by atoms with van der Waals surface area (Å²) >= 11 is 17.7. The highest BCUT2D eigenvalue weighted by Crippen LogP contribution is 2.37. The minimum Gasteiger partial charge on any atom is -0.256 e. The lowest BCUT2D eigenvalue weighted by Gasteiger charge is -2.09. The highest BCUT2D eigenvalue weighted by Gasteiger charge is 2.30. The average molecular weight is 327 g/mol. The summed E-state index contributed by atoms with van der Waals surface area (Å²) in [5.41, 5.74) is -0.237. The minimum absolute atomic E-state index is 0.227. The third kappa shape index (κ3) is 3.14. The number of hydrogen-bond donors (Lipinski definition) is 0. The first kappa shape index (κ1) is 14.4. The van der Waals surface area contributed by atoms with Gasteiger partial charge in [0.1, 0.15) is 0 Å². The molecule has 0 bridgehead atoms. The van der Waals surface area contributed by atoms with Crippen LogP contribution in [-0.2, 0) is 6.18 Å². The topological polar surface area (TPSA) is 12.9 Å². The Kier molecular flexibility index (Phi) is 3.95. The van der Waals surface area contributed by atoms with E-state index in [4.69, 9.17) is 34.8 Å². The molecule has 1 aromatic carbocycles. The van der Waals surface area contributed by atoms with Crippen LogP contribution >= 0.6 is 34.8 Å². The van der Waals surface area contributed by atoms with Gasteiger partial charge in [0.2, 0.25) is 0 Å². The quantitative estimate of drug-likeness (QED) is 0.652. The molecule has 0 atom stereocenters. The maximum Gasteiger partial charge on any atom is 0.417 e. The van der Waals surface area contributed by atoms with E-state index in [-0.39, 0.29) is 15.7 Å². The molecule has 0 fully saturated rings. The first-order chi connectivity index (χ1) is 8.79. The molecule has 1 heterocycles. The Morgan fingerprint density at radius 3 is 1.95 bits per heavy atom. The summed E-state index contributed by atoms with van der Waals surface area (Å²) in [5.74, 6) is 0. The van der Waals surface area contributed by atoms with Gasteiger partial charge < -0.3 is 0 Å². The van der Waals surface area contributed by atoms with Crippen LogP contribution < -0.4 is 0 Å². The predicted molar refractivity (Wildman–Crippen MR) is 69.7 cm³/mol. The fourth-order valence-corrected chi connectivity index (χ4v) is 2.51. The second-order valence-corrected chi connectivity index (χ2v) is 4.93. The molecule has 0 N–H and O–H groups in total. The molecule has 0 aliphatic heterocycles. The number of benzene rings is 1. The zero-order valence-corrected chi connectivity index (χ0v) is 11.4. The number of hydrogen-bond acceptors (Lipinski definition) is 1. The smallest absolute Gasteiger partial charge is 0.256 e. The molecule has 0 aliphatic rings. The Balaban J connectivity index is 2.49. The summed E-state index contributed by atoms with van der Waals surface area (Å²) in [6.45, 7) is 0. The van der Waals surface area contributed by atoms with Gasteiger partial charge in [-0.05, 0) is 24.3 Å². The van der Waals surface area contributed by atoms with Gasteiger partial charge in [0.15, 0.2) is 0 Å². The van der Waals surface area contributed by atoms with E-state index in [1.165, 1.54) is 18.2 Å². The van der Waals surface area contributed by atoms with E-state index in [2.05, 4.69) is 4.98 Å². The molecule has 0 saturated carbocycles. The van der Waals surface area contributed by atoms with Gasteiger partial charge in [0.25, 0.3) is 0 Å². The fraction of sp³-hybridized carbons (Fsp3) is 0.0833. The lowest BCUT2D eigenvalue weighted by atomic mass is 10.1. The summed E-state index contributed by atoms with van der Waals surface area (Å²) in [6.07, 6.45) is -3.70. The lowest BCUT2D eigenvalue weighted by Crippen LogP contribution is -2.05. The number of alkyl halides is 3. The number of aromatic nitrogens is 1. The number of halogens is 6. The van der Waals surface area contributed by atoms with Crippen LogP contribution in [-0.4, -0.2) is 4.98 Å². The maximum atomic E-state index is 12.4. The van der Waals surface area contributed by atoms with Crippen LogP contribution in [0.15, 0.2) is 30.5 Å². The molecule has 2 rings (SSSR count). The standard InChI is InChI=1S/C12H5Cl3F3N/c13-7-3-8(14)11(9(15)4-7)10-2-1-6(5-19-10)12(16,17)18/h1-5H. The van der Waals surface area contributed by atoms with Crippen molar-refractivity contribution in [2.45, 2.75) is 6.18 Å². The highest BCUT2D eigenvalue weighted by molar-refractivity contribution is 6.41. The molecular weight excluding hydrogens is 321 g/mol. The van der Waals surface area contributed by atoms with Crippen LogP contribution in [0.1, 0.15) is 5.56 Å². The molecule has 1 nitrogen and oxygen atoms in total. The van der Waals surface area contributed by atoms with Gasteiger partial charge in [-0.25, -0.2) is 0 Å².